The first-order chi connectivity index (χ1) is 8.79. The quantitative estimate of drug-likeness (QED) is 0.819. The molecule has 0 spiro atoms. The molecule has 1 aromatic carbocycles. The van der Waals surface area contributed by atoms with Crippen molar-refractivity contribution in [3.8, 4) is 0 Å². The number of aliphatic hydroxyl groups is 1. The van der Waals surface area contributed by atoms with Crippen LogP contribution in [0.1, 0.15) is 17.7 Å². The predicted octanol–water partition coefficient (Wildman–Crippen LogP) is 2.56. The molecule has 2 N–H and O–H groups in total. The summed E-state index contributed by atoms with van der Waals surface area (Å²) in [5.74, 6) is 0. The average molecular weight is 244 g/mol. The number of aliphatic hydroxyl groups excluding tert-OH is 1. The fourth-order valence-corrected chi connectivity index (χ4v) is 1.99. The Balaban J connectivity index is 1.95. The number of aromatic nitrogens is 1. The van der Waals surface area contributed by atoms with E-state index in [0.717, 1.165) is 25.1 Å². The van der Waals surface area contributed by atoms with Gasteiger partial charge in [0.1, 0.15) is 0 Å². The van der Waals surface area contributed by atoms with Gasteiger partial charge in [-0.25, -0.2) is 0 Å². The summed E-state index contributed by atoms with van der Waals surface area (Å²) in [5.41, 5.74) is 3.66. The van der Waals surface area contributed by atoms with Crippen LogP contribution in [-0.2, 0) is 20.0 Å². The van der Waals surface area contributed by atoms with Crippen LogP contribution in [-0.4, -0.2) is 16.3 Å². The maximum Gasteiger partial charge on any atom is 0.0553 e. The maximum atomic E-state index is 8.84. The Labute approximate surface area is 108 Å². The number of nitrogens with zero attached hydrogens (tertiary/aromatic N) is 1. The van der Waals surface area contributed by atoms with Crippen molar-refractivity contribution in [2.45, 2.75) is 19.4 Å². The van der Waals surface area contributed by atoms with E-state index in [-0.39, 0.29) is 6.61 Å². The van der Waals surface area contributed by atoms with Crippen LogP contribution in [0.3, 0.4) is 0 Å². The number of rotatable bonds is 6. The van der Waals surface area contributed by atoms with Crippen molar-refractivity contribution in [3.63, 3.8) is 0 Å². The third-order valence-electron chi connectivity index (χ3n) is 3.08. The van der Waals surface area contributed by atoms with Crippen molar-refractivity contribution in [1.82, 2.24) is 4.57 Å². The van der Waals surface area contributed by atoms with Gasteiger partial charge in [0.15, 0.2) is 0 Å². The van der Waals surface area contributed by atoms with E-state index in [4.69, 9.17) is 5.11 Å². The summed E-state index contributed by atoms with van der Waals surface area (Å²) in [5, 5.41) is 12.3. The highest BCUT2D eigenvalue weighted by atomic mass is 16.2. The van der Waals surface area contributed by atoms with Gasteiger partial charge in [-0.05, 0) is 42.7 Å². The SMILES string of the molecule is Cn1cccc1CNc1cccc(CCCO)c1. The van der Waals surface area contributed by atoms with Crippen LogP contribution in [0.15, 0.2) is 42.6 Å². The van der Waals surface area contributed by atoms with E-state index in [9.17, 15) is 0 Å². The molecule has 0 atom stereocenters. The Morgan fingerprint density at radius 1 is 1.22 bits per heavy atom. The smallest absolute Gasteiger partial charge is 0.0553 e. The van der Waals surface area contributed by atoms with Crippen molar-refractivity contribution in [3.05, 3.63) is 53.9 Å². The Kier molecular flexibility index (Phi) is 4.42. The fourth-order valence-electron chi connectivity index (χ4n) is 1.99. The highest BCUT2D eigenvalue weighted by molar-refractivity contribution is 5.46. The summed E-state index contributed by atoms with van der Waals surface area (Å²) in [6.07, 6.45) is 3.80. The number of aryl methyl sites for hydroxylation is 2. The molecule has 3 nitrogen and oxygen atoms in total. The monoisotopic (exact) mass is 244 g/mol. The molecule has 2 rings (SSSR count). The molecule has 0 aliphatic carbocycles. The Hall–Kier alpha value is -1.74. The highest BCUT2D eigenvalue weighted by Crippen LogP contribution is 2.13. The van der Waals surface area contributed by atoms with Gasteiger partial charge >= 0.3 is 0 Å². The zero-order chi connectivity index (χ0) is 12.8. The molecule has 0 bridgehead atoms. The van der Waals surface area contributed by atoms with E-state index in [1.807, 2.05) is 0 Å². The Morgan fingerprint density at radius 3 is 2.83 bits per heavy atom. The average Bonchev–Trinajstić information content (AvgIpc) is 2.80. The van der Waals surface area contributed by atoms with Crippen LogP contribution >= 0.6 is 0 Å². The molecule has 96 valence electrons. The first-order valence-corrected chi connectivity index (χ1v) is 6.33. The molecule has 0 aliphatic rings. The fraction of sp³-hybridized carbons (Fsp3) is 0.333. The minimum absolute atomic E-state index is 0.251. The van der Waals surface area contributed by atoms with Crippen LogP contribution < -0.4 is 5.32 Å². The molecule has 1 heterocycles. The third kappa shape index (κ3) is 3.37. The molecule has 0 amide bonds. The molecule has 0 radical (unpaired) electrons. The summed E-state index contributed by atoms with van der Waals surface area (Å²) >= 11 is 0. The third-order valence-corrected chi connectivity index (χ3v) is 3.08. The Bertz CT molecular complexity index is 491. The van der Waals surface area contributed by atoms with Gasteiger partial charge in [-0.2, -0.15) is 0 Å². The number of anilines is 1. The second-order valence-corrected chi connectivity index (χ2v) is 4.49. The molecular formula is C15H20N2O. The summed E-state index contributed by atoms with van der Waals surface area (Å²) in [6, 6.07) is 12.5. The van der Waals surface area contributed by atoms with Crippen LogP contribution in [0.25, 0.3) is 0 Å². The topological polar surface area (TPSA) is 37.2 Å². The molecule has 0 aliphatic heterocycles. The lowest BCUT2D eigenvalue weighted by Gasteiger charge is -2.09. The van der Waals surface area contributed by atoms with Crippen LogP contribution in [0.2, 0.25) is 0 Å². The molecule has 18 heavy (non-hydrogen) atoms. The summed E-state index contributed by atoms with van der Waals surface area (Å²) in [6.45, 7) is 1.08. The van der Waals surface area contributed by atoms with E-state index < -0.39 is 0 Å². The zero-order valence-electron chi connectivity index (χ0n) is 10.8. The lowest BCUT2D eigenvalue weighted by Crippen LogP contribution is -2.04. The minimum atomic E-state index is 0.251. The van der Waals surface area contributed by atoms with Crippen LogP contribution in [0.4, 0.5) is 5.69 Å². The van der Waals surface area contributed by atoms with Gasteiger partial charge in [0.05, 0.1) is 6.54 Å². The lowest BCUT2D eigenvalue weighted by molar-refractivity contribution is 0.288. The summed E-state index contributed by atoms with van der Waals surface area (Å²) in [7, 11) is 2.05. The molecule has 2 aromatic rings. The zero-order valence-corrected chi connectivity index (χ0v) is 10.8. The number of nitrogens with one attached hydrogen (secondary N) is 1. The Morgan fingerprint density at radius 2 is 2.11 bits per heavy atom. The number of hydrogen-bond acceptors (Lipinski definition) is 2. The minimum Gasteiger partial charge on any atom is -0.396 e. The van der Waals surface area contributed by atoms with Crippen molar-refractivity contribution in [2.24, 2.45) is 7.05 Å². The van der Waals surface area contributed by atoms with Gasteiger partial charge in [0, 0.05) is 31.2 Å². The van der Waals surface area contributed by atoms with Gasteiger partial charge in [-0.3, -0.25) is 0 Å². The van der Waals surface area contributed by atoms with Crippen molar-refractivity contribution in [2.75, 3.05) is 11.9 Å². The van der Waals surface area contributed by atoms with Crippen molar-refractivity contribution >= 4 is 5.69 Å². The van der Waals surface area contributed by atoms with E-state index in [0.29, 0.717) is 0 Å². The van der Waals surface area contributed by atoms with E-state index >= 15 is 0 Å². The molecular weight excluding hydrogens is 224 g/mol. The first kappa shape index (κ1) is 12.7. The number of hydrogen-bond donors (Lipinski definition) is 2. The van der Waals surface area contributed by atoms with Crippen molar-refractivity contribution in [1.29, 1.82) is 0 Å². The summed E-state index contributed by atoms with van der Waals surface area (Å²) < 4.78 is 2.11. The maximum absolute atomic E-state index is 8.84. The molecule has 0 saturated carbocycles. The first-order valence-electron chi connectivity index (χ1n) is 6.33. The van der Waals surface area contributed by atoms with Gasteiger partial charge in [0.25, 0.3) is 0 Å². The molecule has 0 saturated heterocycles. The van der Waals surface area contributed by atoms with Gasteiger partial charge in [0.2, 0.25) is 0 Å². The van der Waals surface area contributed by atoms with Crippen LogP contribution in [0, 0.1) is 0 Å². The molecule has 0 fully saturated rings. The standard InChI is InChI=1S/C15H20N2O/c1-17-9-3-8-15(17)12-16-14-7-2-5-13(11-14)6-4-10-18/h2-3,5,7-9,11,16,18H,4,6,10,12H2,1H3. The van der Waals surface area contributed by atoms with E-state index in [1.54, 1.807) is 0 Å². The number of benzene rings is 1. The van der Waals surface area contributed by atoms with Gasteiger partial charge in [-0.1, -0.05) is 12.1 Å². The van der Waals surface area contributed by atoms with Gasteiger partial charge in [-0.15, -0.1) is 0 Å². The molecule has 3 heteroatoms. The summed E-state index contributed by atoms with van der Waals surface area (Å²) in [4.78, 5) is 0. The predicted molar refractivity (Wildman–Crippen MR) is 74.6 cm³/mol. The lowest BCUT2D eigenvalue weighted by atomic mass is 10.1. The molecule has 0 unspecified atom stereocenters. The van der Waals surface area contributed by atoms with Gasteiger partial charge < -0.3 is 15.0 Å². The molecule has 1 aromatic heterocycles. The second kappa shape index (κ2) is 6.26. The second-order valence-electron chi connectivity index (χ2n) is 4.49. The largest absolute Gasteiger partial charge is 0.396 e. The normalized spacial score (nSPS) is 10.6. The van der Waals surface area contributed by atoms with Crippen molar-refractivity contribution < 1.29 is 5.11 Å². The van der Waals surface area contributed by atoms with Crippen LogP contribution in [0.5, 0.6) is 0 Å². The highest BCUT2D eigenvalue weighted by Gasteiger charge is 1.99. The van der Waals surface area contributed by atoms with E-state index in [1.165, 1.54) is 11.3 Å². The van der Waals surface area contributed by atoms with E-state index in [2.05, 4.69) is 59.5 Å².